The molecular weight excluding hydrogens is 351 g/mol. The van der Waals surface area contributed by atoms with Crippen molar-refractivity contribution in [1.82, 2.24) is 29.5 Å². The zero-order valence-electron chi connectivity index (χ0n) is 13.9. The van der Waals surface area contributed by atoms with Crippen LogP contribution in [0.3, 0.4) is 0 Å². The number of nitrogens with zero attached hydrogens (tertiary/aromatic N) is 6. The van der Waals surface area contributed by atoms with Crippen molar-refractivity contribution >= 4 is 5.82 Å². The predicted molar refractivity (Wildman–Crippen MR) is 86.1 cm³/mol. The molecule has 0 aliphatic rings. The lowest BCUT2D eigenvalue weighted by Crippen LogP contribution is -2.26. The van der Waals surface area contributed by atoms with E-state index in [9.17, 15) is 18.3 Å². The third kappa shape index (κ3) is 3.52. The van der Waals surface area contributed by atoms with Crippen molar-refractivity contribution in [1.29, 1.82) is 0 Å². The SMILES string of the molecule is CC(C)(O)Cn1cc(-c2c(C(F)(F)F)nn(-c3ncccn3)c2N)cn1. The van der Waals surface area contributed by atoms with Gasteiger partial charge in [-0.05, 0) is 19.9 Å². The number of anilines is 1. The number of hydrogen-bond donors (Lipinski definition) is 2. The number of nitrogen functional groups attached to an aromatic ring is 1. The number of alkyl halides is 3. The minimum absolute atomic E-state index is 0.0781. The lowest BCUT2D eigenvalue weighted by Gasteiger charge is -2.16. The predicted octanol–water partition coefficient (Wildman–Crippen LogP) is 1.90. The summed E-state index contributed by atoms with van der Waals surface area (Å²) in [6.45, 7) is 3.23. The molecule has 3 heterocycles. The van der Waals surface area contributed by atoms with Crippen LogP contribution in [-0.2, 0) is 12.7 Å². The summed E-state index contributed by atoms with van der Waals surface area (Å²) >= 11 is 0. The Labute approximate surface area is 146 Å². The second-order valence-electron chi connectivity index (χ2n) is 6.31. The molecule has 0 saturated heterocycles. The molecule has 0 aliphatic carbocycles. The normalized spacial score (nSPS) is 12.5. The zero-order valence-corrected chi connectivity index (χ0v) is 13.9. The van der Waals surface area contributed by atoms with Crippen molar-refractivity contribution in [3.8, 4) is 17.1 Å². The van der Waals surface area contributed by atoms with Gasteiger partial charge in [0.15, 0.2) is 5.69 Å². The van der Waals surface area contributed by atoms with Crippen LogP contribution in [0.2, 0.25) is 0 Å². The molecule has 0 saturated carbocycles. The summed E-state index contributed by atoms with van der Waals surface area (Å²) in [5.41, 5.74) is 3.51. The van der Waals surface area contributed by atoms with E-state index in [4.69, 9.17) is 5.73 Å². The van der Waals surface area contributed by atoms with Crippen molar-refractivity contribution in [2.45, 2.75) is 32.2 Å². The molecule has 11 heteroatoms. The Morgan fingerprint density at radius 2 is 1.85 bits per heavy atom. The van der Waals surface area contributed by atoms with E-state index in [2.05, 4.69) is 20.2 Å². The fourth-order valence-electron chi connectivity index (χ4n) is 2.44. The van der Waals surface area contributed by atoms with Crippen molar-refractivity contribution in [3.63, 3.8) is 0 Å². The Morgan fingerprint density at radius 3 is 2.42 bits per heavy atom. The molecule has 0 radical (unpaired) electrons. The summed E-state index contributed by atoms with van der Waals surface area (Å²) in [6, 6.07) is 1.52. The highest BCUT2D eigenvalue weighted by atomic mass is 19.4. The molecule has 0 fully saturated rings. The fourth-order valence-corrected chi connectivity index (χ4v) is 2.44. The summed E-state index contributed by atoms with van der Waals surface area (Å²) in [6.07, 6.45) is 0.624. The minimum atomic E-state index is -4.73. The van der Waals surface area contributed by atoms with Crippen LogP contribution in [0.1, 0.15) is 19.5 Å². The molecule has 3 rings (SSSR count). The average Bonchev–Trinajstić information content (AvgIpc) is 3.10. The van der Waals surface area contributed by atoms with E-state index in [1.807, 2.05) is 0 Å². The Hall–Kier alpha value is -2.95. The third-order valence-electron chi connectivity index (χ3n) is 3.40. The van der Waals surface area contributed by atoms with E-state index in [0.29, 0.717) is 0 Å². The van der Waals surface area contributed by atoms with E-state index in [1.165, 1.54) is 35.5 Å². The third-order valence-corrected chi connectivity index (χ3v) is 3.40. The van der Waals surface area contributed by atoms with Gasteiger partial charge in [0, 0.05) is 24.2 Å². The maximum atomic E-state index is 13.5. The number of aromatic nitrogens is 6. The van der Waals surface area contributed by atoms with E-state index in [-0.39, 0.29) is 29.4 Å². The first-order valence-corrected chi connectivity index (χ1v) is 7.54. The van der Waals surface area contributed by atoms with Gasteiger partial charge < -0.3 is 10.8 Å². The second kappa shape index (κ2) is 6.09. The lowest BCUT2D eigenvalue weighted by atomic mass is 10.1. The summed E-state index contributed by atoms with van der Waals surface area (Å²) in [4.78, 5) is 7.76. The Kier molecular flexibility index (Phi) is 4.18. The van der Waals surface area contributed by atoms with Crippen LogP contribution in [0.4, 0.5) is 19.0 Å². The van der Waals surface area contributed by atoms with Crippen LogP contribution >= 0.6 is 0 Å². The smallest absolute Gasteiger partial charge is 0.389 e. The Balaban J connectivity index is 2.13. The molecule has 8 nitrogen and oxygen atoms in total. The molecule has 3 N–H and O–H groups in total. The monoisotopic (exact) mass is 367 g/mol. The maximum absolute atomic E-state index is 13.5. The number of aliphatic hydroxyl groups is 1. The summed E-state index contributed by atoms with van der Waals surface area (Å²) in [5, 5.41) is 17.4. The van der Waals surface area contributed by atoms with Gasteiger partial charge in [0.05, 0.1) is 23.9 Å². The molecule has 0 atom stereocenters. The van der Waals surface area contributed by atoms with Gasteiger partial charge in [-0.25, -0.2) is 9.97 Å². The zero-order chi connectivity index (χ0) is 19.1. The first-order valence-electron chi connectivity index (χ1n) is 7.54. The minimum Gasteiger partial charge on any atom is -0.389 e. The van der Waals surface area contributed by atoms with Gasteiger partial charge in [0.2, 0.25) is 0 Å². The molecule has 0 aliphatic heterocycles. The van der Waals surface area contributed by atoms with Crippen LogP contribution in [0.25, 0.3) is 17.1 Å². The highest BCUT2D eigenvalue weighted by Crippen LogP contribution is 2.40. The Morgan fingerprint density at radius 1 is 1.19 bits per heavy atom. The molecule has 0 unspecified atom stereocenters. The molecule has 138 valence electrons. The van der Waals surface area contributed by atoms with E-state index in [0.717, 1.165) is 4.68 Å². The van der Waals surface area contributed by atoms with Gasteiger partial charge in [-0.3, -0.25) is 4.68 Å². The fraction of sp³-hybridized carbons (Fsp3) is 0.333. The van der Waals surface area contributed by atoms with Crippen molar-refractivity contribution < 1.29 is 18.3 Å². The molecule has 0 spiro atoms. The van der Waals surface area contributed by atoms with Crippen molar-refractivity contribution in [2.75, 3.05) is 5.73 Å². The largest absolute Gasteiger partial charge is 0.435 e. The summed E-state index contributed by atoms with van der Waals surface area (Å²) in [7, 11) is 0. The number of nitrogens with two attached hydrogens (primary N) is 1. The highest BCUT2D eigenvalue weighted by Gasteiger charge is 2.40. The first kappa shape index (κ1) is 17.9. The standard InChI is InChI=1S/C15H16F3N7O/c1-14(2,26)8-24-7-9(6-22-24)10-11(15(16,17)18)23-25(12(10)19)13-20-4-3-5-21-13/h3-7,26H,8,19H2,1-2H3. The van der Waals surface area contributed by atoms with Crippen molar-refractivity contribution in [3.05, 3.63) is 36.5 Å². The molecule has 0 amide bonds. The molecule has 0 aromatic carbocycles. The maximum Gasteiger partial charge on any atom is 0.435 e. The Bertz CT molecular complexity index is 910. The van der Waals surface area contributed by atoms with E-state index < -0.39 is 17.5 Å². The van der Waals surface area contributed by atoms with E-state index in [1.54, 1.807) is 13.8 Å². The van der Waals surface area contributed by atoms with Crippen LogP contribution < -0.4 is 5.73 Å². The number of hydrogen-bond acceptors (Lipinski definition) is 6. The van der Waals surface area contributed by atoms with Crippen LogP contribution in [0.15, 0.2) is 30.9 Å². The molecule has 26 heavy (non-hydrogen) atoms. The second-order valence-corrected chi connectivity index (χ2v) is 6.31. The summed E-state index contributed by atoms with van der Waals surface area (Å²) < 4.78 is 42.6. The molecular formula is C15H16F3N7O. The molecule has 0 bridgehead atoms. The van der Waals surface area contributed by atoms with Crippen LogP contribution in [0.5, 0.6) is 0 Å². The highest BCUT2D eigenvalue weighted by molar-refractivity contribution is 5.77. The van der Waals surface area contributed by atoms with Crippen LogP contribution in [0, 0.1) is 0 Å². The van der Waals surface area contributed by atoms with Gasteiger partial charge in [0.1, 0.15) is 5.82 Å². The van der Waals surface area contributed by atoms with Crippen molar-refractivity contribution in [2.24, 2.45) is 0 Å². The van der Waals surface area contributed by atoms with Gasteiger partial charge in [0.25, 0.3) is 5.95 Å². The van der Waals surface area contributed by atoms with Gasteiger partial charge in [-0.15, -0.1) is 0 Å². The van der Waals surface area contributed by atoms with Gasteiger partial charge in [-0.2, -0.15) is 28.1 Å². The van der Waals surface area contributed by atoms with Gasteiger partial charge in [-0.1, -0.05) is 0 Å². The van der Waals surface area contributed by atoms with E-state index >= 15 is 0 Å². The number of halogens is 3. The topological polar surface area (TPSA) is 108 Å². The first-order chi connectivity index (χ1) is 12.1. The van der Waals surface area contributed by atoms with Crippen LogP contribution in [-0.4, -0.2) is 40.2 Å². The molecule has 3 aromatic rings. The number of rotatable bonds is 4. The lowest BCUT2D eigenvalue weighted by molar-refractivity contribution is -0.140. The van der Waals surface area contributed by atoms with Gasteiger partial charge >= 0.3 is 6.18 Å². The quantitative estimate of drug-likeness (QED) is 0.729. The summed E-state index contributed by atoms with van der Waals surface area (Å²) in [5.74, 6) is -0.336. The molecule has 3 aromatic heterocycles. The average molecular weight is 367 g/mol.